The first-order chi connectivity index (χ1) is 12.0. The lowest BCUT2D eigenvalue weighted by Crippen LogP contribution is -2.40. The van der Waals surface area contributed by atoms with Gasteiger partial charge in [-0.3, -0.25) is 0 Å². The van der Waals surface area contributed by atoms with E-state index < -0.39 is 9.84 Å². The molecule has 6 heteroatoms. The highest BCUT2D eigenvalue weighted by Crippen LogP contribution is 2.26. The number of aryl methyl sites for hydroxylation is 1. The van der Waals surface area contributed by atoms with Crippen LogP contribution in [-0.4, -0.2) is 38.2 Å². The largest absolute Gasteiger partial charge is 0.303 e. The highest BCUT2D eigenvalue weighted by Gasteiger charge is 2.31. The molecule has 3 rings (SSSR count). The molecule has 2 aromatic carbocycles. The predicted molar refractivity (Wildman–Crippen MR) is 105 cm³/mol. The van der Waals surface area contributed by atoms with E-state index >= 15 is 0 Å². The Bertz CT molecular complexity index is 833. The summed E-state index contributed by atoms with van der Waals surface area (Å²) in [6, 6.07) is 14.0. The van der Waals surface area contributed by atoms with Gasteiger partial charge in [-0.15, -0.1) is 12.4 Å². The van der Waals surface area contributed by atoms with Crippen molar-refractivity contribution in [2.24, 2.45) is 0 Å². The van der Waals surface area contributed by atoms with Crippen molar-refractivity contribution in [1.82, 2.24) is 4.90 Å². The van der Waals surface area contributed by atoms with E-state index in [4.69, 9.17) is 0 Å². The van der Waals surface area contributed by atoms with Crippen LogP contribution in [0.5, 0.6) is 0 Å². The molecule has 0 unspecified atom stereocenters. The van der Waals surface area contributed by atoms with Gasteiger partial charge in [0.05, 0.1) is 10.1 Å². The maximum absolute atomic E-state index is 13.7. The van der Waals surface area contributed by atoms with Gasteiger partial charge >= 0.3 is 0 Å². The van der Waals surface area contributed by atoms with Crippen molar-refractivity contribution in [3.8, 4) is 0 Å². The third-order valence-corrected chi connectivity index (χ3v) is 7.45. The number of nitrogens with zero attached hydrogens (tertiary/aromatic N) is 1. The molecule has 26 heavy (non-hydrogen) atoms. The van der Waals surface area contributed by atoms with Gasteiger partial charge in [-0.1, -0.05) is 36.4 Å². The average molecular weight is 398 g/mol. The highest BCUT2D eigenvalue weighted by molar-refractivity contribution is 7.92. The molecule has 0 aromatic heterocycles. The van der Waals surface area contributed by atoms with Gasteiger partial charge in [-0.2, -0.15) is 0 Å². The minimum atomic E-state index is -3.28. The lowest BCUT2D eigenvalue weighted by molar-refractivity contribution is 0.232. The zero-order valence-corrected chi connectivity index (χ0v) is 16.5. The van der Waals surface area contributed by atoms with Crippen LogP contribution >= 0.6 is 12.4 Å². The Labute approximate surface area is 161 Å². The monoisotopic (exact) mass is 397 g/mol. The van der Waals surface area contributed by atoms with Crippen LogP contribution in [0.2, 0.25) is 0 Å². The Balaban J connectivity index is 0.00000243. The van der Waals surface area contributed by atoms with Gasteiger partial charge in [0.2, 0.25) is 0 Å². The van der Waals surface area contributed by atoms with E-state index in [-0.39, 0.29) is 23.5 Å². The van der Waals surface area contributed by atoms with Crippen molar-refractivity contribution < 1.29 is 12.8 Å². The van der Waals surface area contributed by atoms with E-state index in [9.17, 15) is 12.8 Å². The van der Waals surface area contributed by atoms with Gasteiger partial charge in [-0.25, -0.2) is 12.8 Å². The molecule has 0 spiro atoms. The summed E-state index contributed by atoms with van der Waals surface area (Å²) >= 11 is 0. The molecule has 1 saturated heterocycles. The molecule has 2 aromatic rings. The number of halogens is 2. The molecule has 3 nitrogen and oxygen atoms in total. The average Bonchev–Trinajstić information content (AvgIpc) is 2.61. The summed E-state index contributed by atoms with van der Waals surface area (Å²) in [6.45, 7) is 4.09. The molecule has 0 amide bonds. The van der Waals surface area contributed by atoms with Crippen molar-refractivity contribution >= 4 is 22.2 Å². The Morgan fingerprint density at radius 2 is 1.65 bits per heavy atom. The van der Waals surface area contributed by atoms with Crippen LogP contribution in [0.25, 0.3) is 0 Å². The van der Waals surface area contributed by atoms with Gasteiger partial charge in [0, 0.05) is 6.54 Å². The van der Waals surface area contributed by atoms with Gasteiger partial charge in [-0.05, 0) is 62.5 Å². The Morgan fingerprint density at radius 3 is 2.31 bits per heavy atom. The van der Waals surface area contributed by atoms with Crippen LogP contribution in [0.3, 0.4) is 0 Å². The minimum absolute atomic E-state index is 0. The van der Waals surface area contributed by atoms with Gasteiger partial charge in [0.25, 0.3) is 0 Å². The first-order valence-electron chi connectivity index (χ1n) is 8.74. The van der Waals surface area contributed by atoms with Crippen molar-refractivity contribution in [1.29, 1.82) is 0 Å². The number of hydrogen-bond donors (Lipinski definition) is 0. The second-order valence-electron chi connectivity index (χ2n) is 6.69. The first-order valence-corrected chi connectivity index (χ1v) is 10.3. The number of piperidine rings is 1. The number of likely N-dealkylation sites (tertiary alicyclic amines) is 1. The Hall–Kier alpha value is -1.43. The van der Waals surface area contributed by atoms with Crippen molar-refractivity contribution in [2.75, 3.05) is 19.6 Å². The van der Waals surface area contributed by atoms with Crippen LogP contribution in [0.4, 0.5) is 4.39 Å². The van der Waals surface area contributed by atoms with E-state index in [1.54, 1.807) is 18.2 Å². The molecule has 0 aliphatic carbocycles. The lowest BCUT2D eigenvalue weighted by Gasteiger charge is -2.32. The van der Waals surface area contributed by atoms with E-state index in [0.717, 1.165) is 30.8 Å². The number of benzene rings is 2. The number of rotatable bonds is 5. The topological polar surface area (TPSA) is 37.4 Å². The molecule has 0 bridgehead atoms. The Morgan fingerprint density at radius 1 is 1.04 bits per heavy atom. The SMILES string of the molecule is Cc1ccccc1S(=O)(=O)C1CCN(CCc2ccccc2F)CC1.Cl. The highest BCUT2D eigenvalue weighted by atomic mass is 35.5. The quantitative estimate of drug-likeness (QED) is 0.764. The van der Waals surface area contributed by atoms with Crippen LogP contribution < -0.4 is 0 Å². The standard InChI is InChI=1S/C20H24FNO2S.ClH/c1-16-6-2-5-9-20(16)25(23,24)18-11-14-22(15-12-18)13-10-17-7-3-4-8-19(17)21;/h2-9,18H,10-15H2,1H3;1H. The molecule has 0 N–H and O–H groups in total. The zero-order chi connectivity index (χ0) is 17.9. The van der Waals surface area contributed by atoms with Crippen LogP contribution in [0.1, 0.15) is 24.0 Å². The van der Waals surface area contributed by atoms with E-state index in [0.29, 0.717) is 24.2 Å². The van der Waals surface area contributed by atoms with Gasteiger partial charge in [0.15, 0.2) is 9.84 Å². The van der Waals surface area contributed by atoms with Gasteiger partial charge < -0.3 is 4.90 Å². The van der Waals surface area contributed by atoms with Gasteiger partial charge in [0.1, 0.15) is 5.82 Å². The molecule has 1 heterocycles. The zero-order valence-electron chi connectivity index (χ0n) is 14.9. The smallest absolute Gasteiger partial charge is 0.181 e. The first kappa shape index (κ1) is 20.9. The summed E-state index contributed by atoms with van der Waals surface area (Å²) < 4.78 is 39.4. The van der Waals surface area contributed by atoms with E-state index in [1.807, 2.05) is 31.2 Å². The predicted octanol–water partition coefficient (Wildman–Crippen LogP) is 4.04. The molecule has 1 fully saturated rings. The summed E-state index contributed by atoms with van der Waals surface area (Å²) in [7, 11) is -3.28. The molecule has 0 atom stereocenters. The number of hydrogen-bond acceptors (Lipinski definition) is 3. The third-order valence-electron chi connectivity index (χ3n) is 5.03. The van der Waals surface area contributed by atoms with Crippen molar-refractivity contribution in [3.63, 3.8) is 0 Å². The summed E-state index contributed by atoms with van der Waals surface area (Å²) in [6.07, 6.45) is 1.92. The number of sulfone groups is 1. The molecule has 0 saturated carbocycles. The molecule has 0 radical (unpaired) electrons. The summed E-state index contributed by atoms with van der Waals surface area (Å²) in [5, 5.41) is -0.321. The maximum atomic E-state index is 13.7. The fourth-order valence-electron chi connectivity index (χ4n) is 3.48. The fourth-order valence-corrected chi connectivity index (χ4v) is 5.45. The van der Waals surface area contributed by atoms with Crippen LogP contribution in [0.15, 0.2) is 53.4 Å². The second-order valence-corrected chi connectivity index (χ2v) is 8.89. The van der Waals surface area contributed by atoms with Crippen LogP contribution in [0, 0.1) is 12.7 Å². The summed E-state index contributed by atoms with van der Waals surface area (Å²) in [4.78, 5) is 2.69. The van der Waals surface area contributed by atoms with Crippen LogP contribution in [-0.2, 0) is 16.3 Å². The third kappa shape index (κ3) is 4.64. The molecule has 1 aliphatic rings. The van der Waals surface area contributed by atoms with E-state index in [2.05, 4.69) is 4.90 Å². The molecule has 1 aliphatic heterocycles. The van der Waals surface area contributed by atoms with E-state index in [1.165, 1.54) is 6.07 Å². The molecule has 142 valence electrons. The molecular formula is C20H25ClFNO2S. The maximum Gasteiger partial charge on any atom is 0.181 e. The van der Waals surface area contributed by atoms with Crippen molar-refractivity contribution in [3.05, 3.63) is 65.5 Å². The second kappa shape index (κ2) is 8.98. The molecular weight excluding hydrogens is 373 g/mol. The lowest BCUT2D eigenvalue weighted by atomic mass is 10.1. The van der Waals surface area contributed by atoms with Crippen molar-refractivity contribution in [2.45, 2.75) is 36.3 Å². The fraction of sp³-hybridized carbons (Fsp3) is 0.400. The summed E-state index contributed by atoms with van der Waals surface area (Å²) in [5.41, 5.74) is 1.53. The Kier molecular flexibility index (Phi) is 7.21. The summed E-state index contributed by atoms with van der Waals surface area (Å²) in [5.74, 6) is -0.167. The normalized spacial score (nSPS) is 16.2. The minimum Gasteiger partial charge on any atom is -0.303 e.